The first kappa shape index (κ1) is 17.6. The number of ether oxygens (including phenoxy) is 2. The predicted octanol–water partition coefficient (Wildman–Crippen LogP) is 5.76. The van der Waals surface area contributed by atoms with Crippen LogP contribution in [0.15, 0.2) is 60.7 Å². The van der Waals surface area contributed by atoms with E-state index < -0.39 is 6.29 Å². The molecule has 2 aromatic carbocycles. The Kier molecular flexibility index (Phi) is 4.33. The van der Waals surface area contributed by atoms with Crippen LogP contribution in [0.25, 0.3) is 28.2 Å². The molecule has 5 nitrogen and oxygen atoms in total. The molecule has 0 saturated carbocycles. The Bertz CT molecular complexity index is 1170. The van der Waals surface area contributed by atoms with Gasteiger partial charge in [-0.05, 0) is 31.2 Å². The minimum Gasteiger partial charge on any atom is -0.318 e. The highest BCUT2D eigenvalue weighted by Gasteiger charge is 2.31. The summed E-state index contributed by atoms with van der Waals surface area (Å²) in [6.45, 7) is 1.85. The van der Waals surface area contributed by atoms with Crippen LogP contribution in [0.2, 0.25) is 10.0 Å². The zero-order chi connectivity index (χ0) is 19.3. The number of hydrogen-bond donors (Lipinski definition) is 0. The molecule has 3 heterocycles. The van der Waals surface area contributed by atoms with Crippen LogP contribution in [0.3, 0.4) is 0 Å². The largest absolute Gasteiger partial charge is 0.318 e. The molecule has 5 rings (SSSR count). The molecule has 4 aromatic rings. The molecule has 0 aliphatic carbocycles. The van der Waals surface area contributed by atoms with Gasteiger partial charge >= 0.3 is 0 Å². The molecule has 28 heavy (non-hydrogen) atoms. The van der Waals surface area contributed by atoms with Crippen molar-refractivity contribution < 1.29 is 9.47 Å². The van der Waals surface area contributed by atoms with Crippen LogP contribution < -0.4 is 0 Å². The highest BCUT2D eigenvalue weighted by molar-refractivity contribution is 6.33. The molecule has 7 heteroatoms. The Morgan fingerprint density at radius 1 is 0.964 bits per heavy atom. The van der Waals surface area contributed by atoms with Gasteiger partial charge < -0.3 is 9.47 Å². The van der Waals surface area contributed by atoms with E-state index >= 15 is 0 Å². The molecule has 0 N–H and O–H groups in total. The summed E-state index contributed by atoms with van der Waals surface area (Å²) in [5.74, 6) is 0. The van der Waals surface area contributed by atoms with Crippen molar-refractivity contribution >= 4 is 28.8 Å². The Balaban J connectivity index is 1.72. The summed E-state index contributed by atoms with van der Waals surface area (Å²) in [4.78, 5) is 4.77. The van der Waals surface area contributed by atoms with Gasteiger partial charge in [0.1, 0.15) is 5.69 Å². The van der Waals surface area contributed by atoms with Crippen LogP contribution in [0.1, 0.15) is 18.9 Å². The SMILES string of the molecule is CC1OC(c2cc3nc(-c4ccc(Cl)cc4)cc(-c4ccccc4Cl)n3n2)O1. The third-order valence-corrected chi connectivity index (χ3v) is 5.19. The predicted molar refractivity (Wildman–Crippen MR) is 108 cm³/mol. The second-order valence-electron chi connectivity index (χ2n) is 6.52. The van der Waals surface area contributed by atoms with Crippen LogP contribution in [0.4, 0.5) is 0 Å². The van der Waals surface area contributed by atoms with Gasteiger partial charge in [-0.15, -0.1) is 0 Å². The maximum absolute atomic E-state index is 6.48. The minimum atomic E-state index is -0.477. The lowest BCUT2D eigenvalue weighted by atomic mass is 10.1. The third kappa shape index (κ3) is 3.06. The van der Waals surface area contributed by atoms with Gasteiger partial charge in [-0.25, -0.2) is 9.50 Å². The van der Waals surface area contributed by atoms with Crippen molar-refractivity contribution in [3.05, 3.63) is 76.4 Å². The van der Waals surface area contributed by atoms with Gasteiger partial charge in [0.2, 0.25) is 6.29 Å². The van der Waals surface area contributed by atoms with Gasteiger partial charge in [-0.2, -0.15) is 5.10 Å². The molecule has 1 aliphatic rings. The van der Waals surface area contributed by atoms with E-state index in [1.807, 2.05) is 67.6 Å². The number of benzene rings is 2. The number of nitrogens with zero attached hydrogens (tertiary/aromatic N) is 3. The quantitative estimate of drug-likeness (QED) is 0.429. The van der Waals surface area contributed by atoms with Gasteiger partial charge in [-0.3, -0.25) is 0 Å². The summed E-state index contributed by atoms with van der Waals surface area (Å²) in [6, 6.07) is 19.1. The van der Waals surface area contributed by atoms with Gasteiger partial charge in [0, 0.05) is 27.2 Å². The summed E-state index contributed by atoms with van der Waals surface area (Å²) < 4.78 is 12.9. The van der Waals surface area contributed by atoms with Crippen molar-refractivity contribution in [2.45, 2.75) is 19.5 Å². The highest BCUT2D eigenvalue weighted by Crippen LogP contribution is 2.34. The summed E-state index contributed by atoms with van der Waals surface area (Å²) in [5, 5.41) is 5.97. The average molecular weight is 412 g/mol. The van der Waals surface area contributed by atoms with Crippen LogP contribution in [-0.4, -0.2) is 20.9 Å². The molecule has 0 unspecified atom stereocenters. The zero-order valence-electron chi connectivity index (χ0n) is 14.8. The maximum Gasteiger partial charge on any atom is 0.208 e. The Labute approximate surface area is 171 Å². The lowest BCUT2D eigenvalue weighted by Gasteiger charge is -2.32. The van der Waals surface area contributed by atoms with Crippen molar-refractivity contribution in [1.29, 1.82) is 0 Å². The average Bonchev–Trinajstić information content (AvgIpc) is 3.09. The van der Waals surface area contributed by atoms with Crippen molar-refractivity contribution in [2.24, 2.45) is 0 Å². The van der Waals surface area contributed by atoms with Gasteiger partial charge in [0.05, 0.1) is 11.4 Å². The van der Waals surface area contributed by atoms with E-state index in [0.29, 0.717) is 21.4 Å². The van der Waals surface area contributed by atoms with Crippen LogP contribution >= 0.6 is 23.2 Å². The van der Waals surface area contributed by atoms with E-state index in [2.05, 4.69) is 5.10 Å². The lowest BCUT2D eigenvalue weighted by molar-refractivity contribution is -0.384. The molecule has 0 atom stereocenters. The second kappa shape index (κ2) is 6.87. The molecule has 0 bridgehead atoms. The van der Waals surface area contributed by atoms with Crippen molar-refractivity contribution in [3.63, 3.8) is 0 Å². The first-order valence-corrected chi connectivity index (χ1v) is 9.56. The topological polar surface area (TPSA) is 48.7 Å². The van der Waals surface area contributed by atoms with E-state index in [1.54, 1.807) is 4.52 Å². The first-order valence-electron chi connectivity index (χ1n) is 8.81. The molecule has 0 radical (unpaired) electrons. The third-order valence-electron chi connectivity index (χ3n) is 4.61. The summed E-state index contributed by atoms with van der Waals surface area (Å²) in [6.07, 6.45) is -0.704. The monoisotopic (exact) mass is 411 g/mol. The number of halogens is 2. The number of rotatable bonds is 3. The Hall–Kier alpha value is -2.44. The molecule has 0 amide bonds. The molecule has 1 fully saturated rings. The van der Waals surface area contributed by atoms with Crippen molar-refractivity contribution in [2.75, 3.05) is 0 Å². The smallest absolute Gasteiger partial charge is 0.208 e. The van der Waals surface area contributed by atoms with Crippen LogP contribution in [-0.2, 0) is 9.47 Å². The summed E-state index contributed by atoms with van der Waals surface area (Å²) in [5.41, 5.74) is 4.81. The van der Waals surface area contributed by atoms with E-state index in [0.717, 1.165) is 22.5 Å². The Morgan fingerprint density at radius 3 is 2.43 bits per heavy atom. The molecule has 0 spiro atoms. The minimum absolute atomic E-state index is 0.226. The second-order valence-corrected chi connectivity index (χ2v) is 7.37. The fourth-order valence-electron chi connectivity index (χ4n) is 3.23. The van der Waals surface area contributed by atoms with Gasteiger partial charge in [0.25, 0.3) is 0 Å². The number of fused-ring (bicyclic) bond motifs is 1. The van der Waals surface area contributed by atoms with Crippen molar-refractivity contribution in [1.82, 2.24) is 14.6 Å². The molecule has 2 aromatic heterocycles. The fourth-order valence-corrected chi connectivity index (χ4v) is 3.59. The molecule has 1 saturated heterocycles. The molecule has 140 valence electrons. The highest BCUT2D eigenvalue weighted by atomic mass is 35.5. The maximum atomic E-state index is 6.48. The van der Waals surface area contributed by atoms with E-state index in [1.165, 1.54) is 0 Å². The number of aromatic nitrogens is 3. The van der Waals surface area contributed by atoms with Crippen molar-refractivity contribution in [3.8, 4) is 22.5 Å². The number of hydrogen-bond acceptors (Lipinski definition) is 4. The molecule has 1 aliphatic heterocycles. The van der Waals surface area contributed by atoms with E-state index in [-0.39, 0.29) is 6.29 Å². The van der Waals surface area contributed by atoms with Crippen LogP contribution in [0.5, 0.6) is 0 Å². The van der Waals surface area contributed by atoms with Gasteiger partial charge in [-0.1, -0.05) is 53.5 Å². The zero-order valence-corrected chi connectivity index (χ0v) is 16.4. The summed E-state index contributed by atoms with van der Waals surface area (Å²) in [7, 11) is 0. The summed E-state index contributed by atoms with van der Waals surface area (Å²) >= 11 is 12.5. The van der Waals surface area contributed by atoms with Gasteiger partial charge in [0.15, 0.2) is 11.9 Å². The van der Waals surface area contributed by atoms with E-state index in [9.17, 15) is 0 Å². The first-order chi connectivity index (χ1) is 13.6. The Morgan fingerprint density at radius 2 is 1.71 bits per heavy atom. The van der Waals surface area contributed by atoms with Crippen LogP contribution in [0, 0.1) is 0 Å². The standard InChI is InChI=1S/C21H15Cl2N3O2/c1-12-27-21(28-12)18-11-20-24-17(13-6-8-14(22)9-7-13)10-19(26(20)25-18)15-4-2-3-5-16(15)23/h2-12,21H,1H3. The van der Waals surface area contributed by atoms with E-state index in [4.69, 9.17) is 37.7 Å². The fraction of sp³-hybridized carbons (Fsp3) is 0.143. The normalized spacial score (nSPS) is 19.0. The molecular weight excluding hydrogens is 397 g/mol. The molecular formula is C21H15Cl2N3O2. The lowest BCUT2D eigenvalue weighted by Crippen LogP contribution is -2.31.